The summed E-state index contributed by atoms with van der Waals surface area (Å²) >= 11 is 6.94. The van der Waals surface area contributed by atoms with E-state index in [0.29, 0.717) is 61.7 Å². The lowest BCUT2D eigenvalue weighted by molar-refractivity contribution is -0.112. The fourth-order valence-electron chi connectivity index (χ4n) is 5.14. The number of carbonyl (C=O) groups is 1. The lowest BCUT2D eigenvalue weighted by Gasteiger charge is -2.22. The molecule has 5 rings (SSSR count). The highest BCUT2D eigenvalue weighted by Gasteiger charge is 2.26. The van der Waals surface area contributed by atoms with Crippen LogP contribution in [-0.4, -0.2) is 36.3 Å². The Hall–Kier alpha value is -3.97. The van der Waals surface area contributed by atoms with Crippen LogP contribution in [0.25, 0.3) is 22.4 Å². The molecule has 2 aromatic carbocycles. The molecular formula is C30H28ClFN4O2. The number of hydrazone groups is 1. The lowest BCUT2D eigenvalue weighted by Crippen LogP contribution is -2.24. The van der Waals surface area contributed by atoms with Crippen molar-refractivity contribution >= 4 is 29.4 Å². The number of methoxy groups -OCH3 is 1. The molecule has 1 amide bonds. The highest BCUT2D eigenvalue weighted by Crippen LogP contribution is 2.44. The Morgan fingerprint density at radius 1 is 1.26 bits per heavy atom. The van der Waals surface area contributed by atoms with Gasteiger partial charge >= 0.3 is 0 Å². The first-order valence-corrected chi connectivity index (χ1v) is 12.7. The van der Waals surface area contributed by atoms with Crippen LogP contribution in [0.3, 0.4) is 0 Å². The molecule has 2 heterocycles. The smallest absolute Gasteiger partial charge is 0.257 e. The number of aromatic nitrogens is 1. The third kappa shape index (κ3) is 4.37. The van der Waals surface area contributed by atoms with Crippen LogP contribution in [0, 0.1) is 12.7 Å². The second kappa shape index (κ2) is 10.1. The van der Waals surface area contributed by atoms with E-state index in [1.165, 1.54) is 22.9 Å². The predicted octanol–water partition coefficient (Wildman–Crippen LogP) is 6.88. The molecule has 6 nitrogen and oxygen atoms in total. The van der Waals surface area contributed by atoms with Gasteiger partial charge in [0.1, 0.15) is 5.82 Å². The monoisotopic (exact) mass is 530 g/mol. The predicted molar refractivity (Wildman–Crippen MR) is 150 cm³/mol. The molecule has 194 valence electrons. The van der Waals surface area contributed by atoms with Crippen molar-refractivity contribution in [3.63, 3.8) is 0 Å². The third-order valence-electron chi connectivity index (χ3n) is 7.28. The third-order valence-corrected chi connectivity index (χ3v) is 7.68. The zero-order valence-electron chi connectivity index (χ0n) is 21.7. The summed E-state index contributed by atoms with van der Waals surface area (Å²) in [7, 11) is 3.33. The molecule has 2 aliphatic rings. The number of rotatable bonds is 5. The van der Waals surface area contributed by atoms with Crippen LogP contribution < -0.4 is 10.1 Å². The molecule has 3 aromatic rings. The largest absolute Gasteiger partial charge is 0.481 e. The van der Waals surface area contributed by atoms with Gasteiger partial charge in [0.25, 0.3) is 5.91 Å². The van der Waals surface area contributed by atoms with Crippen molar-refractivity contribution in [1.29, 1.82) is 0 Å². The molecule has 1 unspecified atom stereocenters. The zero-order chi connectivity index (χ0) is 27.1. The molecule has 1 N–H and O–H groups in total. The van der Waals surface area contributed by atoms with E-state index in [2.05, 4.69) is 30.0 Å². The first-order chi connectivity index (χ1) is 18.2. The van der Waals surface area contributed by atoms with Crippen molar-refractivity contribution in [2.75, 3.05) is 19.5 Å². The maximum Gasteiger partial charge on any atom is 0.257 e. The fourth-order valence-corrected chi connectivity index (χ4v) is 5.46. The number of allylic oxidation sites excluding steroid dienone is 1. The number of hydrogen-bond acceptors (Lipinski definition) is 5. The minimum Gasteiger partial charge on any atom is -0.481 e. The van der Waals surface area contributed by atoms with E-state index in [1.807, 2.05) is 12.1 Å². The molecule has 1 aromatic heterocycles. The summed E-state index contributed by atoms with van der Waals surface area (Å²) in [5.41, 5.74) is 6.38. The van der Waals surface area contributed by atoms with Crippen molar-refractivity contribution in [2.24, 2.45) is 5.10 Å². The first-order valence-electron chi connectivity index (χ1n) is 12.4. The number of nitrogens with zero attached hydrogens (tertiary/aromatic N) is 3. The minimum atomic E-state index is -0.443. The number of nitrogens with one attached hydrogen (secondary N) is 1. The summed E-state index contributed by atoms with van der Waals surface area (Å²) in [5.74, 6) is 0.177. The Kier molecular flexibility index (Phi) is 6.80. The number of anilines is 1. The molecule has 38 heavy (non-hydrogen) atoms. The molecule has 1 aliphatic carbocycles. The van der Waals surface area contributed by atoms with Gasteiger partial charge in [-0.2, -0.15) is 5.10 Å². The zero-order valence-corrected chi connectivity index (χ0v) is 22.5. The molecule has 0 spiro atoms. The van der Waals surface area contributed by atoms with Crippen LogP contribution in [0.5, 0.6) is 5.88 Å². The fraction of sp³-hybridized carbons (Fsp3) is 0.233. The number of ether oxygens (including phenoxy) is 1. The molecular weight excluding hydrogens is 503 g/mol. The highest BCUT2D eigenvalue weighted by atomic mass is 35.5. The van der Waals surface area contributed by atoms with Crippen LogP contribution in [0.1, 0.15) is 36.0 Å². The SMILES string of the molecule is C=C1C(C(=O)Nc2ccc(F)c(-c3cccc(-c4cc5c(c(OC)n4)C(C)CC5)c3Cl)c2C)=CC=NN1C. The van der Waals surface area contributed by atoms with Gasteiger partial charge in [-0.1, -0.05) is 43.3 Å². The summed E-state index contributed by atoms with van der Waals surface area (Å²) in [4.78, 5) is 17.8. The van der Waals surface area contributed by atoms with E-state index in [4.69, 9.17) is 21.3 Å². The first kappa shape index (κ1) is 25.7. The normalized spacial score (nSPS) is 16.4. The number of amides is 1. The van der Waals surface area contributed by atoms with Gasteiger partial charge in [0, 0.05) is 41.2 Å². The Balaban J connectivity index is 1.55. The van der Waals surface area contributed by atoms with Crippen LogP contribution in [-0.2, 0) is 11.2 Å². The number of fused-ring (bicyclic) bond motifs is 1. The Morgan fingerprint density at radius 3 is 2.79 bits per heavy atom. The van der Waals surface area contributed by atoms with Crippen LogP contribution in [0.4, 0.5) is 10.1 Å². The average molecular weight is 531 g/mol. The number of benzene rings is 2. The van der Waals surface area contributed by atoms with Gasteiger partial charge in [-0.3, -0.25) is 9.80 Å². The Morgan fingerprint density at radius 2 is 2.03 bits per heavy atom. The molecule has 0 saturated heterocycles. The summed E-state index contributed by atoms with van der Waals surface area (Å²) in [6.45, 7) is 7.85. The van der Waals surface area contributed by atoms with Gasteiger partial charge < -0.3 is 10.1 Å². The van der Waals surface area contributed by atoms with Gasteiger partial charge in [0.05, 0.1) is 29.1 Å². The molecule has 0 radical (unpaired) electrons. The highest BCUT2D eigenvalue weighted by molar-refractivity contribution is 6.36. The molecule has 0 saturated carbocycles. The van der Waals surface area contributed by atoms with Gasteiger partial charge in [-0.25, -0.2) is 9.37 Å². The Bertz CT molecular complexity index is 1550. The topological polar surface area (TPSA) is 66.8 Å². The van der Waals surface area contributed by atoms with Gasteiger partial charge in [-0.05, 0) is 61.1 Å². The van der Waals surface area contributed by atoms with Crippen LogP contribution in [0.15, 0.2) is 65.4 Å². The number of pyridine rings is 1. The van der Waals surface area contributed by atoms with Crippen molar-refractivity contribution in [2.45, 2.75) is 32.6 Å². The second-order valence-electron chi connectivity index (χ2n) is 9.56. The van der Waals surface area contributed by atoms with Gasteiger partial charge in [0.2, 0.25) is 5.88 Å². The number of carbonyl (C=O) groups excluding carboxylic acids is 1. The van der Waals surface area contributed by atoms with E-state index in [0.717, 1.165) is 18.4 Å². The summed E-state index contributed by atoms with van der Waals surface area (Å²) in [6, 6.07) is 10.4. The lowest BCUT2D eigenvalue weighted by atomic mass is 9.95. The average Bonchev–Trinajstić information content (AvgIpc) is 3.28. The maximum atomic E-state index is 15.3. The van der Waals surface area contributed by atoms with E-state index in [9.17, 15) is 4.79 Å². The molecule has 0 fully saturated rings. The number of hydrogen-bond donors (Lipinski definition) is 1. The minimum absolute atomic E-state index is 0.312. The number of aryl methyl sites for hydroxylation is 1. The van der Waals surface area contributed by atoms with E-state index in [-0.39, 0.29) is 5.91 Å². The molecule has 1 atom stereocenters. The standard InChI is InChI=1S/C30H28ClFN4O2/c1-16-9-10-19-15-25(35-30(38-5)26(16)19)21-7-6-8-22(28(21)31)27-17(2)24(12-11-23(27)32)34-29(37)20-13-14-33-36(4)18(20)3/h6-8,11-16H,3,9-10H2,1-2,4-5H3,(H,34,37). The van der Waals surface area contributed by atoms with Crippen molar-refractivity contribution in [1.82, 2.24) is 9.99 Å². The maximum absolute atomic E-state index is 15.3. The van der Waals surface area contributed by atoms with E-state index >= 15 is 4.39 Å². The number of halogens is 2. The van der Waals surface area contributed by atoms with Gasteiger partial charge in [0.15, 0.2) is 0 Å². The van der Waals surface area contributed by atoms with E-state index in [1.54, 1.807) is 39.3 Å². The van der Waals surface area contributed by atoms with Crippen LogP contribution in [0.2, 0.25) is 5.02 Å². The molecule has 8 heteroatoms. The van der Waals surface area contributed by atoms with E-state index < -0.39 is 5.82 Å². The summed E-state index contributed by atoms with van der Waals surface area (Å²) in [5, 5.41) is 8.87. The summed E-state index contributed by atoms with van der Waals surface area (Å²) in [6.07, 6.45) is 5.11. The number of likely N-dealkylation sites (N-methyl/N-ethyl adjacent to an activating group) is 1. The summed E-state index contributed by atoms with van der Waals surface area (Å²) < 4.78 is 20.9. The Labute approximate surface area is 226 Å². The quantitative estimate of drug-likeness (QED) is 0.390. The molecule has 1 aliphatic heterocycles. The van der Waals surface area contributed by atoms with Crippen molar-refractivity contribution in [3.05, 3.63) is 87.9 Å². The van der Waals surface area contributed by atoms with Crippen molar-refractivity contribution in [3.8, 4) is 28.3 Å². The van der Waals surface area contributed by atoms with Gasteiger partial charge in [-0.15, -0.1) is 0 Å². The molecule has 0 bridgehead atoms. The second-order valence-corrected chi connectivity index (χ2v) is 9.94. The van der Waals surface area contributed by atoms with Crippen LogP contribution >= 0.6 is 11.6 Å². The van der Waals surface area contributed by atoms with Crippen molar-refractivity contribution < 1.29 is 13.9 Å².